The van der Waals surface area contributed by atoms with Crippen LogP contribution in [0.5, 0.6) is 0 Å². The van der Waals surface area contributed by atoms with E-state index in [1.807, 2.05) is 0 Å². The van der Waals surface area contributed by atoms with Crippen LogP contribution in [-0.2, 0) is 0 Å². The first kappa shape index (κ1) is 15.1. The summed E-state index contributed by atoms with van der Waals surface area (Å²) in [6.07, 6.45) is 3.16. The maximum atomic E-state index is 12.2. The maximum absolute atomic E-state index is 12.2. The van der Waals surface area contributed by atoms with Gasteiger partial charge in [0.1, 0.15) is 0 Å². The van der Waals surface area contributed by atoms with Gasteiger partial charge in [0.15, 0.2) is 0 Å². The molecule has 1 heterocycles. The van der Waals surface area contributed by atoms with Gasteiger partial charge >= 0.3 is 0 Å². The van der Waals surface area contributed by atoms with Crippen LogP contribution in [0.1, 0.15) is 36.5 Å². The van der Waals surface area contributed by atoms with Crippen molar-refractivity contribution in [2.45, 2.75) is 32.2 Å². The molecule has 110 valence electrons. The Labute approximate surface area is 125 Å². The van der Waals surface area contributed by atoms with E-state index in [0.717, 1.165) is 32.5 Å². The molecule has 3 N–H and O–H groups in total. The monoisotopic (exact) mass is 295 g/mol. The lowest BCUT2D eigenvalue weighted by molar-refractivity contribution is 0.0911. The second-order valence-electron chi connectivity index (χ2n) is 5.33. The third-order valence-corrected chi connectivity index (χ3v) is 4.03. The van der Waals surface area contributed by atoms with Gasteiger partial charge in [0.25, 0.3) is 5.91 Å². The number of piperidine rings is 1. The number of amides is 1. The van der Waals surface area contributed by atoms with Gasteiger partial charge in [0.05, 0.1) is 10.6 Å². The Morgan fingerprint density at radius 3 is 2.80 bits per heavy atom. The van der Waals surface area contributed by atoms with Gasteiger partial charge in [-0.05, 0) is 44.0 Å². The van der Waals surface area contributed by atoms with Crippen LogP contribution in [0, 0.1) is 0 Å². The third kappa shape index (κ3) is 3.87. The normalized spacial score (nSPS) is 17.1. The molecule has 1 aromatic rings. The Balaban J connectivity index is 1.91. The fourth-order valence-electron chi connectivity index (χ4n) is 2.60. The highest BCUT2D eigenvalue weighted by atomic mass is 35.5. The Morgan fingerprint density at radius 2 is 2.15 bits per heavy atom. The largest absolute Gasteiger partial charge is 0.399 e. The molecule has 1 aromatic carbocycles. The SMILES string of the molecule is CCCN1CCC(NC(=O)c2cc(N)ccc2Cl)CC1. The Hall–Kier alpha value is -1.26. The van der Waals surface area contributed by atoms with Gasteiger partial charge < -0.3 is 16.0 Å². The first-order chi connectivity index (χ1) is 9.60. The average molecular weight is 296 g/mol. The van der Waals surface area contributed by atoms with Crippen molar-refractivity contribution in [2.75, 3.05) is 25.4 Å². The molecule has 1 fully saturated rings. The minimum atomic E-state index is -0.128. The van der Waals surface area contributed by atoms with Crippen molar-refractivity contribution >= 4 is 23.2 Å². The lowest BCUT2D eigenvalue weighted by atomic mass is 10.0. The van der Waals surface area contributed by atoms with Crippen molar-refractivity contribution < 1.29 is 4.79 Å². The lowest BCUT2D eigenvalue weighted by Gasteiger charge is -2.32. The van der Waals surface area contributed by atoms with Crippen LogP contribution in [0.15, 0.2) is 18.2 Å². The molecule has 0 spiro atoms. The average Bonchev–Trinajstić information content (AvgIpc) is 2.44. The Kier molecular flexibility index (Phi) is 5.26. The number of anilines is 1. The maximum Gasteiger partial charge on any atom is 0.253 e. The summed E-state index contributed by atoms with van der Waals surface area (Å²) in [5.41, 5.74) is 6.72. The lowest BCUT2D eigenvalue weighted by Crippen LogP contribution is -2.44. The van der Waals surface area contributed by atoms with Crippen molar-refractivity contribution in [3.05, 3.63) is 28.8 Å². The number of carbonyl (C=O) groups excluding carboxylic acids is 1. The van der Waals surface area contributed by atoms with Crippen molar-refractivity contribution in [1.82, 2.24) is 10.2 Å². The molecule has 1 aliphatic rings. The minimum absolute atomic E-state index is 0.128. The summed E-state index contributed by atoms with van der Waals surface area (Å²) in [4.78, 5) is 14.7. The molecule has 0 radical (unpaired) electrons. The van der Waals surface area contributed by atoms with Gasteiger partial charge in [0, 0.05) is 24.8 Å². The van der Waals surface area contributed by atoms with Gasteiger partial charge in [-0.2, -0.15) is 0 Å². The summed E-state index contributed by atoms with van der Waals surface area (Å²) in [6, 6.07) is 5.22. The fraction of sp³-hybridized carbons (Fsp3) is 0.533. The van der Waals surface area contributed by atoms with Gasteiger partial charge in [0.2, 0.25) is 0 Å². The molecule has 2 rings (SSSR count). The second kappa shape index (κ2) is 6.95. The molecule has 0 aliphatic carbocycles. The first-order valence-corrected chi connectivity index (χ1v) is 7.56. The Bertz CT molecular complexity index is 470. The molecular weight excluding hydrogens is 274 g/mol. The molecular formula is C15H22ClN3O. The molecule has 1 amide bonds. The number of nitrogens with one attached hydrogen (secondary N) is 1. The summed E-state index contributed by atoms with van der Waals surface area (Å²) < 4.78 is 0. The number of nitrogens with two attached hydrogens (primary N) is 1. The van der Waals surface area contributed by atoms with Crippen LogP contribution in [0.4, 0.5) is 5.69 Å². The third-order valence-electron chi connectivity index (χ3n) is 3.70. The topological polar surface area (TPSA) is 58.4 Å². The number of likely N-dealkylation sites (tertiary alicyclic amines) is 1. The number of benzene rings is 1. The van der Waals surface area contributed by atoms with Crippen molar-refractivity contribution in [2.24, 2.45) is 0 Å². The van der Waals surface area contributed by atoms with Crippen molar-refractivity contribution in [1.29, 1.82) is 0 Å². The number of nitrogen functional groups attached to an aromatic ring is 1. The molecule has 0 atom stereocenters. The number of hydrogen-bond donors (Lipinski definition) is 2. The molecule has 0 aromatic heterocycles. The molecule has 0 saturated carbocycles. The smallest absolute Gasteiger partial charge is 0.253 e. The van der Waals surface area contributed by atoms with Crippen LogP contribution >= 0.6 is 11.6 Å². The van der Waals surface area contributed by atoms with Gasteiger partial charge in [-0.1, -0.05) is 18.5 Å². The predicted octanol–water partition coefficient (Wildman–Crippen LogP) is 2.53. The zero-order chi connectivity index (χ0) is 14.5. The molecule has 0 unspecified atom stereocenters. The highest BCUT2D eigenvalue weighted by molar-refractivity contribution is 6.34. The van der Waals surface area contributed by atoms with Crippen LogP contribution in [-0.4, -0.2) is 36.5 Å². The number of carbonyl (C=O) groups is 1. The minimum Gasteiger partial charge on any atom is -0.399 e. The number of halogens is 1. The van der Waals surface area contributed by atoms with Crippen LogP contribution in [0.25, 0.3) is 0 Å². The quantitative estimate of drug-likeness (QED) is 0.839. The van der Waals surface area contributed by atoms with Gasteiger partial charge in [-0.3, -0.25) is 4.79 Å². The fourth-order valence-corrected chi connectivity index (χ4v) is 2.80. The standard InChI is InChI=1S/C15H22ClN3O/c1-2-7-19-8-5-12(6-9-19)18-15(20)13-10-11(17)3-4-14(13)16/h3-4,10,12H,2,5-9,17H2,1H3,(H,18,20). The van der Waals surface area contributed by atoms with E-state index in [4.69, 9.17) is 17.3 Å². The van der Waals surface area contributed by atoms with Crippen molar-refractivity contribution in [3.63, 3.8) is 0 Å². The summed E-state index contributed by atoms with van der Waals surface area (Å²) >= 11 is 6.05. The van der Waals surface area contributed by atoms with E-state index in [2.05, 4.69) is 17.1 Å². The molecule has 1 saturated heterocycles. The summed E-state index contributed by atoms with van der Waals surface area (Å²) in [7, 11) is 0. The first-order valence-electron chi connectivity index (χ1n) is 7.18. The van der Waals surface area contributed by atoms with Crippen LogP contribution in [0.3, 0.4) is 0 Å². The molecule has 5 heteroatoms. The molecule has 1 aliphatic heterocycles. The number of hydrogen-bond acceptors (Lipinski definition) is 3. The van der Waals surface area contributed by atoms with E-state index in [-0.39, 0.29) is 11.9 Å². The number of nitrogens with zero attached hydrogens (tertiary/aromatic N) is 1. The zero-order valence-electron chi connectivity index (χ0n) is 11.9. The van der Waals surface area contributed by atoms with E-state index in [9.17, 15) is 4.79 Å². The van der Waals surface area contributed by atoms with E-state index >= 15 is 0 Å². The van der Waals surface area contributed by atoms with Crippen LogP contribution < -0.4 is 11.1 Å². The summed E-state index contributed by atoms with van der Waals surface area (Å²) in [5, 5.41) is 3.50. The number of rotatable bonds is 4. The molecule has 4 nitrogen and oxygen atoms in total. The van der Waals surface area contributed by atoms with E-state index in [1.54, 1.807) is 18.2 Å². The van der Waals surface area contributed by atoms with Crippen LogP contribution in [0.2, 0.25) is 5.02 Å². The highest BCUT2D eigenvalue weighted by Gasteiger charge is 2.21. The van der Waals surface area contributed by atoms with Gasteiger partial charge in [-0.25, -0.2) is 0 Å². The van der Waals surface area contributed by atoms with E-state index in [1.165, 1.54) is 6.42 Å². The second-order valence-corrected chi connectivity index (χ2v) is 5.74. The van der Waals surface area contributed by atoms with Crippen molar-refractivity contribution in [3.8, 4) is 0 Å². The van der Waals surface area contributed by atoms with E-state index in [0.29, 0.717) is 16.3 Å². The summed E-state index contributed by atoms with van der Waals surface area (Å²) in [6.45, 7) is 5.42. The molecule has 20 heavy (non-hydrogen) atoms. The zero-order valence-corrected chi connectivity index (χ0v) is 12.6. The Morgan fingerprint density at radius 1 is 1.45 bits per heavy atom. The summed E-state index contributed by atoms with van der Waals surface area (Å²) in [5.74, 6) is -0.128. The van der Waals surface area contributed by atoms with E-state index < -0.39 is 0 Å². The highest BCUT2D eigenvalue weighted by Crippen LogP contribution is 2.19. The van der Waals surface area contributed by atoms with Gasteiger partial charge in [-0.15, -0.1) is 0 Å². The molecule has 0 bridgehead atoms. The predicted molar refractivity (Wildman–Crippen MR) is 83.1 cm³/mol.